The number of thiophene rings is 1. The van der Waals surface area contributed by atoms with Crippen molar-refractivity contribution in [3.8, 4) is 0 Å². The molecule has 0 unspecified atom stereocenters. The Morgan fingerprint density at radius 1 is 1.29 bits per heavy atom. The molecule has 1 aliphatic heterocycles. The van der Waals surface area contributed by atoms with E-state index < -0.39 is 9.84 Å². The minimum absolute atomic E-state index is 0.0902. The molecule has 126 valence electrons. The Balaban J connectivity index is 1.86. The molecule has 0 atom stereocenters. The van der Waals surface area contributed by atoms with Gasteiger partial charge < -0.3 is 4.90 Å². The van der Waals surface area contributed by atoms with E-state index in [2.05, 4.69) is 15.9 Å². The summed E-state index contributed by atoms with van der Waals surface area (Å²) in [6.07, 6.45) is 6.17. The van der Waals surface area contributed by atoms with Gasteiger partial charge in [0.2, 0.25) is 0 Å². The zero-order chi connectivity index (χ0) is 17.3. The van der Waals surface area contributed by atoms with Gasteiger partial charge in [0.1, 0.15) is 0 Å². The number of hydrogen-bond acceptors (Lipinski definition) is 4. The summed E-state index contributed by atoms with van der Waals surface area (Å²) < 4.78 is 24.4. The lowest BCUT2D eigenvalue weighted by atomic mass is 10.0. The van der Waals surface area contributed by atoms with Crippen molar-refractivity contribution in [2.45, 2.75) is 17.7 Å². The van der Waals surface area contributed by atoms with Crippen molar-refractivity contribution in [1.29, 1.82) is 0 Å². The van der Waals surface area contributed by atoms with Crippen LogP contribution in [0.3, 0.4) is 0 Å². The quantitative estimate of drug-likeness (QED) is 0.700. The number of sulfone groups is 1. The van der Waals surface area contributed by atoms with Crippen molar-refractivity contribution in [2.24, 2.45) is 0 Å². The molecule has 24 heavy (non-hydrogen) atoms. The monoisotopic (exact) mass is 425 g/mol. The number of carbonyl (C=O) groups excluding carboxylic acids is 1. The van der Waals surface area contributed by atoms with Crippen LogP contribution in [0.2, 0.25) is 0 Å². The molecular weight excluding hydrogens is 410 g/mol. The molecule has 0 saturated carbocycles. The maximum Gasteiger partial charge on any atom is 0.251 e. The number of aryl methyl sites for hydroxylation is 1. The Morgan fingerprint density at radius 3 is 2.75 bits per heavy atom. The van der Waals surface area contributed by atoms with Crippen LogP contribution in [0, 0.1) is 0 Å². The van der Waals surface area contributed by atoms with E-state index in [1.54, 1.807) is 46.6 Å². The molecule has 0 fully saturated rings. The van der Waals surface area contributed by atoms with Crippen LogP contribution in [-0.2, 0) is 21.1 Å². The Hall–Kier alpha value is -1.44. The van der Waals surface area contributed by atoms with E-state index in [9.17, 15) is 13.2 Å². The number of hydrogen-bond donors (Lipinski definition) is 0. The van der Waals surface area contributed by atoms with Gasteiger partial charge in [-0.15, -0.1) is 11.3 Å². The zero-order valence-corrected chi connectivity index (χ0v) is 16.2. The highest BCUT2D eigenvalue weighted by Crippen LogP contribution is 2.30. The highest BCUT2D eigenvalue weighted by molar-refractivity contribution is 9.11. The minimum Gasteiger partial charge on any atom is -0.309 e. The van der Waals surface area contributed by atoms with Crippen LogP contribution >= 0.6 is 27.3 Å². The molecule has 1 aromatic carbocycles. The van der Waals surface area contributed by atoms with Crippen molar-refractivity contribution in [2.75, 3.05) is 17.7 Å². The van der Waals surface area contributed by atoms with Crippen molar-refractivity contribution < 1.29 is 13.2 Å². The van der Waals surface area contributed by atoms with Gasteiger partial charge in [-0.2, -0.15) is 0 Å². The number of nitrogens with zero attached hydrogens (tertiary/aromatic N) is 1. The third-order valence-corrected chi connectivity index (χ3v) is 6.55. The van der Waals surface area contributed by atoms with Gasteiger partial charge in [-0.05, 0) is 70.7 Å². The molecule has 7 heteroatoms. The summed E-state index contributed by atoms with van der Waals surface area (Å²) in [4.78, 5) is 15.5. The molecule has 0 bridgehead atoms. The average molecular weight is 426 g/mol. The van der Waals surface area contributed by atoms with Gasteiger partial charge in [-0.1, -0.05) is 0 Å². The molecule has 0 N–H and O–H groups in total. The predicted molar refractivity (Wildman–Crippen MR) is 101 cm³/mol. The van der Waals surface area contributed by atoms with Gasteiger partial charge in [0.15, 0.2) is 9.84 Å². The molecule has 0 saturated heterocycles. The summed E-state index contributed by atoms with van der Waals surface area (Å²) in [5, 5.41) is 0. The number of rotatable bonds is 3. The van der Waals surface area contributed by atoms with Crippen LogP contribution < -0.4 is 4.90 Å². The second-order valence-electron chi connectivity index (χ2n) is 5.63. The Bertz CT molecular complexity index is 916. The summed E-state index contributed by atoms with van der Waals surface area (Å²) in [6.45, 7) is 0.641. The maximum atomic E-state index is 12.5. The third-order valence-electron chi connectivity index (χ3n) is 3.85. The molecule has 2 heterocycles. The number of anilines is 1. The van der Waals surface area contributed by atoms with Crippen molar-refractivity contribution in [1.82, 2.24) is 0 Å². The smallest absolute Gasteiger partial charge is 0.251 e. The second kappa shape index (κ2) is 6.82. The first kappa shape index (κ1) is 17.4. The molecule has 1 aromatic heterocycles. The van der Waals surface area contributed by atoms with Crippen LogP contribution in [0.15, 0.2) is 45.1 Å². The first-order chi connectivity index (χ1) is 11.3. The fraction of sp³-hybridized carbons (Fsp3) is 0.235. The summed E-state index contributed by atoms with van der Waals surface area (Å²) >= 11 is 4.96. The molecular formula is C17H16BrNO3S2. The standard InChI is InChI=1S/C17H16BrNO3S2/c1-24(21,22)14-6-7-15-12(11-14)3-2-10-19(15)17(20)9-5-13-4-8-16(18)23-13/h4-9,11H,2-3,10H2,1H3. The summed E-state index contributed by atoms with van der Waals surface area (Å²) in [5.74, 6) is -0.0902. The molecule has 1 amide bonds. The lowest BCUT2D eigenvalue weighted by molar-refractivity contribution is -0.114. The van der Waals surface area contributed by atoms with Gasteiger partial charge in [0.25, 0.3) is 5.91 Å². The van der Waals surface area contributed by atoms with E-state index in [0.717, 1.165) is 32.8 Å². The Labute approximate surface area is 153 Å². The van der Waals surface area contributed by atoms with E-state index in [0.29, 0.717) is 11.4 Å². The van der Waals surface area contributed by atoms with Gasteiger partial charge in [-0.3, -0.25) is 4.79 Å². The van der Waals surface area contributed by atoms with E-state index in [1.807, 2.05) is 12.1 Å². The largest absolute Gasteiger partial charge is 0.309 e. The normalized spacial score (nSPS) is 14.8. The lowest BCUT2D eigenvalue weighted by Gasteiger charge is -2.29. The number of benzene rings is 1. The first-order valence-corrected chi connectivity index (χ1v) is 10.9. The van der Waals surface area contributed by atoms with Crippen molar-refractivity contribution in [3.63, 3.8) is 0 Å². The minimum atomic E-state index is -3.24. The number of halogens is 1. The van der Waals surface area contributed by atoms with Crippen LogP contribution in [0.5, 0.6) is 0 Å². The summed E-state index contributed by atoms with van der Waals surface area (Å²) in [7, 11) is -3.24. The Kier molecular flexibility index (Phi) is 4.94. The van der Waals surface area contributed by atoms with Gasteiger partial charge in [0, 0.05) is 29.4 Å². The predicted octanol–water partition coefficient (Wildman–Crippen LogP) is 3.91. The van der Waals surface area contributed by atoms with Crippen LogP contribution in [0.1, 0.15) is 16.9 Å². The van der Waals surface area contributed by atoms with Gasteiger partial charge in [-0.25, -0.2) is 8.42 Å². The van der Waals surface area contributed by atoms with Crippen LogP contribution in [0.4, 0.5) is 5.69 Å². The fourth-order valence-corrected chi connectivity index (χ4v) is 4.69. The number of amides is 1. The maximum absolute atomic E-state index is 12.5. The second-order valence-corrected chi connectivity index (χ2v) is 10.1. The van der Waals surface area contributed by atoms with E-state index in [-0.39, 0.29) is 5.91 Å². The highest BCUT2D eigenvalue weighted by Gasteiger charge is 2.22. The third kappa shape index (κ3) is 3.79. The fourth-order valence-electron chi connectivity index (χ4n) is 2.69. The average Bonchev–Trinajstić information content (AvgIpc) is 2.96. The zero-order valence-electron chi connectivity index (χ0n) is 13.0. The summed E-state index contributed by atoms with van der Waals surface area (Å²) in [6, 6.07) is 8.88. The number of fused-ring (bicyclic) bond motifs is 1. The molecule has 0 aliphatic carbocycles. The molecule has 4 nitrogen and oxygen atoms in total. The summed E-state index contributed by atoms with van der Waals surface area (Å²) in [5.41, 5.74) is 1.71. The Morgan fingerprint density at radius 2 is 2.08 bits per heavy atom. The molecule has 2 aromatic rings. The van der Waals surface area contributed by atoms with E-state index >= 15 is 0 Å². The van der Waals surface area contributed by atoms with Gasteiger partial charge >= 0.3 is 0 Å². The molecule has 1 aliphatic rings. The van der Waals surface area contributed by atoms with Crippen LogP contribution in [-0.4, -0.2) is 27.1 Å². The van der Waals surface area contributed by atoms with E-state index in [1.165, 1.54) is 6.26 Å². The lowest BCUT2D eigenvalue weighted by Crippen LogP contribution is -2.34. The molecule has 3 rings (SSSR count). The molecule has 0 spiro atoms. The highest BCUT2D eigenvalue weighted by atomic mass is 79.9. The topological polar surface area (TPSA) is 54.5 Å². The van der Waals surface area contributed by atoms with Crippen LogP contribution in [0.25, 0.3) is 6.08 Å². The van der Waals surface area contributed by atoms with E-state index in [4.69, 9.17) is 0 Å². The van der Waals surface area contributed by atoms with Crippen molar-refractivity contribution in [3.05, 3.63) is 50.6 Å². The first-order valence-electron chi connectivity index (χ1n) is 7.42. The SMILES string of the molecule is CS(=O)(=O)c1ccc2c(c1)CCCN2C(=O)C=Cc1ccc(Br)s1. The number of carbonyl (C=O) groups is 1. The molecule has 0 radical (unpaired) electrons. The van der Waals surface area contributed by atoms with Crippen molar-refractivity contribution >= 4 is 54.8 Å². The van der Waals surface area contributed by atoms with Gasteiger partial charge in [0.05, 0.1) is 8.68 Å².